The highest BCUT2D eigenvalue weighted by atomic mass is 31.1. The van der Waals surface area contributed by atoms with Crippen molar-refractivity contribution in [1.82, 2.24) is 0 Å². The Kier molecular flexibility index (Phi) is 11.8. The maximum absolute atomic E-state index is 13.6. The van der Waals surface area contributed by atoms with E-state index in [1.807, 2.05) is 126 Å². The van der Waals surface area contributed by atoms with E-state index in [1.54, 1.807) is 0 Å². The van der Waals surface area contributed by atoms with Crippen LogP contribution in [0.15, 0.2) is 91.0 Å². The van der Waals surface area contributed by atoms with Gasteiger partial charge in [0, 0.05) is 4.57 Å². The van der Waals surface area contributed by atoms with E-state index in [0.717, 1.165) is 16.7 Å². The Hall–Kier alpha value is -2.68. The summed E-state index contributed by atoms with van der Waals surface area (Å²) in [6.45, 7) is 9.88. The van der Waals surface area contributed by atoms with Gasteiger partial charge in [-0.3, -0.25) is 0 Å². The maximum Gasteiger partial charge on any atom is 0.700 e. The van der Waals surface area contributed by atoms with Crippen LogP contribution < -0.4 is 0 Å². The second-order valence-electron chi connectivity index (χ2n) is 14.3. The minimum Gasteiger partial charge on any atom is -0.368 e. The van der Waals surface area contributed by atoms with Gasteiger partial charge in [-0.25, -0.2) is 0 Å². The summed E-state index contributed by atoms with van der Waals surface area (Å²) >= 11 is 0. The summed E-state index contributed by atoms with van der Waals surface area (Å²) in [5, 5.41) is 0. The third-order valence-electron chi connectivity index (χ3n) is 9.37. The van der Waals surface area contributed by atoms with Gasteiger partial charge in [-0.1, -0.05) is 95.5 Å². The summed E-state index contributed by atoms with van der Waals surface area (Å²) in [4.78, 5) is 0. The Morgan fingerprint density at radius 2 is 1.08 bits per heavy atom. The van der Waals surface area contributed by atoms with Gasteiger partial charge >= 0.3 is 8.25 Å². The Labute approximate surface area is 305 Å². The third-order valence-corrected chi connectivity index (χ3v) is 10.1. The van der Waals surface area contributed by atoms with Crippen molar-refractivity contribution in [2.75, 3.05) is 6.61 Å². The molecule has 0 aliphatic carbocycles. The fourth-order valence-electron chi connectivity index (χ4n) is 7.03. The number of fused-ring (bicyclic) bond motifs is 3. The van der Waals surface area contributed by atoms with Gasteiger partial charge in [0.05, 0.1) is 25.9 Å². The van der Waals surface area contributed by atoms with Gasteiger partial charge in [0.15, 0.2) is 17.9 Å². The molecule has 4 saturated heterocycles. The van der Waals surface area contributed by atoms with Gasteiger partial charge in [-0.2, -0.15) is 0 Å². The third kappa shape index (κ3) is 9.15. The van der Waals surface area contributed by atoms with E-state index in [9.17, 15) is 4.57 Å². The topological polar surface area (TPSA) is 119 Å². The number of benzene rings is 3. The normalized spacial score (nSPS) is 33.7. The molecule has 7 rings (SSSR count). The second kappa shape index (κ2) is 16.4. The van der Waals surface area contributed by atoms with Crippen LogP contribution in [0.2, 0.25) is 0 Å². The molecule has 11 atom stereocenters. The monoisotopic (exact) mass is 739 g/mol. The molecule has 52 heavy (non-hydrogen) atoms. The standard InChI is InChI=1S/C39H48O12P/c1-25-30(41-21-26-15-9-6-10-16-26)32(42-22-27-17-11-7-12-18-27)34(43-23-28-19-13-8-14-20-28)37(45-25)51-52(40)44-24-29-31-33(48-38(2,3)47-31)35-36(46-29)50-39(4,5)49-35/h6-20,25,29-37H,21-24H2,1-5H3/q+1/t25-,29+,30-,31-,32+,33-,34+,35+,36+,37-/m0/s1. The van der Waals surface area contributed by atoms with E-state index in [1.165, 1.54) is 0 Å². The lowest BCUT2D eigenvalue weighted by molar-refractivity contribution is -0.301. The van der Waals surface area contributed by atoms with Crippen LogP contribution in [0.1, 0.15) is 51.3 Å². The van der Waals surface area contributed by atoms with Gasteiger partial charge in [-0.15, -0.1) is 4.52 Å². The molecule has 0 radical (unpaired) electrons. The van der Waals surface area contributed by atoms with Crippen molar-refractivity contribution in [1.29, 1.82) is 0 Å². The van der Waals surface area contributed by atoms with Crippen LogP contribution in [0.4, 0.5) is 0 Å². The number of hydrogen-bond donors (Lipinski definition) is 0. The lowest BCUT2D eigenvalue weighted by atomic mass is 9.98. The molecular weight excluding hydrogens is 691 g/mol. The maximum atomic E-state index is 13.6. The van der Waals surface area contributed by atoms with Crippen LogP contribution in [0.3, 0.4) is 0 Å². The van der Waals surface area contributed by atoms with E-state index in [4.69, 9.17) is 51.7 Å². The SMILES string of the molecule is C[C@@H]1O[C@@H](O[P+](=O)OC[C@H]2O[C@@H]3OC(C)(C)O[C@@H]3[C@H]3OC(C)(C)O[C@H]32)[C@H](OCc2ccccc2)[C@H](OCc2ccccc2)[C@H]1OCc1ccccc1. The van der Waals surface area contributed by atoms with Crippen LogP contribution in [-0.2, 0) is 76.1 Å². The first-order chi connectivity index (χ1) is 25.0. The quantitative estimate of drug-likeness (QED) is 0.166. The molecule has 4 fully saturated rings. The van der Waals surface area contributed by atoms with E-state index in [0.29, 0.717) is 6.61 Å². The predicted octanol–water partition coefficient (Wildman–Crippen LogP) is 6.57. The van der Waals surface area contributed by atoms with Crippen molar-refractivity contribution in [3.05, 3.63) is 108 Å². The molecule has 13 heteroatoms. The Bertz CT molecular complexity index is 1590. The van der Waals surface area contributed by atoms with Crippen molar-refractivity contribution in [2.24, 2.45) is 0 Å². The first kappa shape index (κ1) is 37.6. The molecule has 0 bridgehead atoms. The summed E-state index contributed by atoms with van der Waals surface area (Å²) < 4.78 is 82.2. The molecule has 0 N–H and O–H groups in total. The minimum absolute atomic E-state index is 0.128. The molecule has 0 spiro atoms. The molecule has 1 unspecified atom stereocenters. The first-order valence-corrected chi connectivity index (χ1v) is 18.9. The summed E-state index contributed by atoms with van der Waals surface area (Å²) in [7, 11) is -2.74. The smallest absolute Gasteiger partial charge is 0.368 e. The van der Waals surface area contributed by atoms with Crippen LogP contribution >= 0.6 is 8.25 Å². The van der Waals surface area contributed by atoms with Crippen molar-refractivity contribution < 1.29 is 56.2 Å². The zero-order valence-electron chi connectivity index (χ0n) is 30.1. The van der Waals surface area contributed by atoms with Gasteiger partial charge in [0.1, 0.15) is 49.3 Å². The molecule has 280 valence electrons. The summed E-state index contributed by atoms with van der Waals surface area (Å²) in [6, 6.07) is 29.5. The predicted molar refractivity (Wildman–Crippen MR) is 187 cm³/mol. The molecule has 4 heterocycles. The Balaban J connectivity index is 1.08. The van der Waals surface area contributed by atoms with Gasteiger partial charge < -0.3 is 42.6 Å². The molecular formula is C39H48O12P+. The second-order valence-corrected chi connectivity index (χ2v) is 15.2. The molecule has 0 aromatic heterocycles. The van der Waals surface area contributed by atoms with Crippen molar-refractivity contribution >= 4 is 8.25 Å². The molecule has 3 aromatic carbocycles. The van der Waals surface area contributed by atoms with Crippen LogP contribution in [0.5, 0.6) is 0 Å². The highest BCUT2D eigenvalue weighted by Gasteiger charge is 2.61. The lowest BCUT2D eigenvalue weighted by Crippen LogP contribution is -2.59. The largest absolute Gasteiger partial charge is 0.700 e. The van der Waals surface area contributed by atoms with E-state index < -0.39 is 81.2 Å². The van der Waals surface area contributed by atoms with Crippen LogP contribution in [0.25, 0.3) is 0 Å². The number of hydrogen-bond acceptors (Lipinski definition) is 12. The summed E-state index contributed by atoms with van der Waals surface area (Å²) in [5.41, 5.74) is 2.92. The van der Waals surface area contributed by atoms with Crippen LogP contribution in [-0.4, -0.2) is 79.6 Å². The number of rotatable bonds is 14. The van der Waals surface area contributed by atoms with Crippen molar-refractivity contribution in [3.63, 3.8) is 0 Å². The first-order valence-electron chi connectivity index (χ1n) is 17.8. The van der Waals surface area contributed by atoms with Crippen molar-refractivity contribution in [2.45, 2.75) is 127 Å². The highest BCUT2D eigenvalue weighted by Crippen LogP contribution is 2.45. The fourth-order valence-corrected chi connectivity index (χ4v) is 7.70. The fraction of sp³-hybridized carbons (Fsp3) is 0.538. The average molecular weight is 740 g/mol. The van der Waals surface area contributed by atoms with E-state index >= 15 is 0 Å². The lowest BCUT2D eigenvalue weighted by Gasteiger charge is -2.43. The van der Waals surface area contributed by atoms with Gasteiger partial charge in [0.25, 0.3) is 0 Å². The Morgan fingerprint density at radius 1 is 0.596 bits per heavy atom. The van der Waals surface area contributed by atoms with E-state index in [2.05, 4.69) is 0 Å². The summed E-state index contributed by atoms with van der Waals surface area (Å²) in [5.74, 6) is -1.75. The number of ether oxygens (including phenoxy) is 9. The Morgan fingerprint density at radius 3 is 1.65 bits per heavy atom. The molecule has 4 aliphatic rings. The van der Waals surface area contributed by atoms with Crippen molar-refractivity contribution in [3.8, 4) is 0 Å². The summed E-state index contributed by atoms with van der Waals surface area (Å²) in [6.07, 6.45) is -6.63. The molecule has 0 amide bonds. The molecule has 12 nitrogen and oxygen atoms in total. The van der Waals surface area contributed by atoms with Gasteiger partial charge in [0.2, 0.25) is 6.29 Å². The van der Waals surface area contributed by atoms with E-state index in [-0.39, 0.29) is 19.8 Å². The zero-order valence-corrected chi connectivity index (χ0v) is 31.0. The zero-order chi connectivity index (χ0) is 36.3. The molecule has 3 aromatic rings. The molecule has 0 saturated carbocycles. The average Bonchev–Trinajstić information content (AvgIpc) is 3.63. The van der Waals surface area contributed by atoms with Gasteiger partial charge in [-0.05, 0) is 51.3 Å². The van der Waals surface area contributed by atoms with Crippen LogP contribution in [0, 0.1) is 0 Å². The minimum atomic E-state index is -2.74. The molecule has 4 aliphatic heterocycles. The highest BCUT2D eigenvalue weighted by molar-refractivity contribution is 7.33.